The van der Waals surface area contributed by atoms with Crippen LogP contribution in [0, 0.1) is 0 Å². The van der Waals surface area contributed by atoms with Crippen LogP contribution in [-0.2, 0) is 11.3 Å². The Balaban J connectivity index is 2.28. The third-order valence-electron chi connectivity index (χ3n) is 4.28. The summed E-state index contributed by atoms with van der Waals surface area (Å²) in [6.45, 7) is 6.52. The maximum absolute atomic E-state index is 14.5. The molecule has 0 saturated carbocycles. The van der Waals surface area contributed by atoms with Gasteiger partial charge in [0, 0.05) is 23.6 Å². The van der Waals surface area contributed by atoms with Crippen LogP contribution >= 0.6 is 11.6 Å². The van der Waals surface area contributed by atoms with E-state index < -0.39 is 5.92 Å². The molecule has 0 amide bonds. The van der Waals surface area contributed by atoms with E-state index in [1.165, 1.54) is 0 Å². The van der Waals surface area contributed by atoms with Crippen LogP contribution < -0.4 is 5.32 Å². The van der Waals surface area contributed by atoms with E-state index in [2.05, 4.69) is 10.3 Å². The van der Waals surface area contributed by atoms with Crippen molar-refractivity contribution in [3.63, 3.8) is 0 Å². The molecule has 128 valence electrons. The lowest BCUT2D eigenvalue weighted by Crippen LogP contribution is -2.19. The lowest BCUT2D eigenvalue weighted by atomic mass is 9.82. The lowest BCUT2D eigenvalue weighted by molar-refractivity contribution is -0.0123. The van der Waals surface area contributed by atoms with Crippen molar-refractivity contribution in [3.8, 4) is 11.3 Å². The molecule has 0 atom stereocenters. The fourth-order valence-electron chi connectivity index (χ4n) is 3.01. The Morgan fingerprint density at radius 2 is 1.96 bits per heavy atom. The number of benzene rings is 1. The second-order valence-electron chi connectivity index (χ2n) is 7.28. The Kier molecular flexibility index (Phi) is 4.28. The van der Waals surface area contributed by atoms with Crippen molar-refractivity contribution in [3.05, 3.63) is 46.5 Å². The van der Waals surface area contributed by atoms with Crippen LogP contribution in [0.15, 0.2) is 30.3 Å². The van der Waals surface area contributed by atoms with E-state index in [0.717, 1.165) is 11.1 Å². The van der Waals surface area contributed by atoms with Crippen LogP contribution in [0.5, 0.6) is 0 Å². The van der Waals surface area contributed by atoms with Gasteiger partial charge in [-0.1, -0.05) is 44.5 Å². The molecular weight excluding hydrogens is 330 g/mol. The molecule has 2 aromatic rings. The highest BCUT2D eigenvalue weighted by Gasteiger charge is 2.38. The fourth-order valence-corrected chi connectivity index (χ4v) is 3.20. The first-order valence-electron chi connectivity index (χ1n) is 8.12. The predicted molar refractivity (Wildman–Crippen MR) is 95.0 cm³/mol. The van der Waals surface area contributed by atoms with Gasteiger partial charge >= 0.3 is 0 Å². The van der Waals surface area contributed by atoms with E-state index in [1.807, 2.05) is 39.0 Å². The van der Waals surface area contributed by atoms with Crippen molar-refractivity contribution < 1.29 is 8.78 Å². The molecule has 0 spiro atoms. The van der Waals surface area contributed by atoms with E-state index >= 15 is 0 Å². The molecule has 0 saturated heterocycles. The molecule has 0 aliphatic carbocycles. The molecule has 0 unspecified atom stereocenters. The minimum Gasteiger partial charge on any atom is -0.370 e. The topological polar surface area (TPSA) is 24.9 Å². The summed E-state index contributed by atoms with van der Waals surface area (Å²) in [4.78, 5) is 4.60. The Hall–Kier alpha value is -1.68. The SMILES string of the molecule is CC(C)(C)c1cc2c(nc1-c1cccc(Cl)c1)NCCCC2(F)F. The second-order valence-corrected chi connectivity index (χ2v) is 7.71. The van der Waals surface area contributed by atoms with Gasteiger partial charge in [-0.05, 0) is 35.6 Å². The summed E-state index contributed by atoms with van der Waals surface area (Å²) in [5.74, 6) is -2.58. The van der Waals surface area contributed by atoms with Crippen molar-refractivity contribution in [2.24, 2.45) is 0 Å². The van der Waals surface area contributed by atoms with Gasteiger partial charge in [0.25, 0.3) is 5.92 Å². The number of rotatable bonds is 1. The average Bonchev–Trinajstić information content (AvgIpc) is 2.64. The molecule has 1 aliphatic rings. The summed E-state index contributed by atoms with van der Waals surface area (Å²) in [7, 11) is 0. The molecular formula is C19H21ClF2N2. The number of alkyl halides is 2. The monoisotopic (exact) mass is 350 g/mol. The maximum Gasteiger partial charge on any atom is 0.276 e. The Morgan fingerprint density at radius 3 is 2.62 bits per heavy atom. The van der Waals surface area contributed by atoms with Gasteiger partial charge in [-0.2, -0.15) is 0 Å². The van der Waals surface area contributed by atoms with Gasteiger partial charge in [0.2, 0.25) is 0 Å². The standard InChI is InChI=1S/C19H21ClF2N2/c1-18(2,3)14-11-15-17(23-9-5-8-19(15,21)22)24-16(14)12-6-4-7-13(20)10-12/h4,6-7,10-11H,5,8-9H2,1-3H3,(H,23,24). The predicted octanol–water partition coefficient (Wildman–Crippen LogP) is 6.00. The van der Waals surface area contributed by atoms with Crippen molar-refractivity contribution in [1.82, 2.24) is 4.98 Å². The summed E-state index contributed by atoms with van der Waals surface area (Å²) < 4.78 is 29.0. The van der Waals surface area contributed by atoms with Crippen molar-refractivity contribution in [1.29, 1.82) is 0 Å². The highest BCUT2D eigenvalue weighted by Crippen LogP contribution is 2.43. The van der Waals surface area contributed by atoms with Gasteiger partial charge in [0.05, 0.1) is 11.3 Å². The number of nitrogens with zero attached hydrogens (tertiary/aromatic N) is 1. The molecule has 0 fully saturated rings. The zero-order valence-electron chi connectivity index (χ0n) is 14.1. The zero-order valence-corrected chi connectivity index (χ0v) is 14.8. The molecule has 1 aromatic heterocycles. The zero-order chi connectivity index (χ0) is 17.5. The first kappa shape index (κ1) is 17.2. The van der Waals surface area contributed by atoms with Crippen molar-refractivity contribution in [2.75, 3.05) is 11.9 Å². The minimum absolute atomic E-state index is 0.00398. The lowest BCUT2D eigenvalue weighted by Gasteiger charge is -2.26. The number of aromatic nitrogens is 1. The molecule has 24 heavy (non-hydrogen) atoms. The largest absolute Gasteiger partial charge is 0.370 e. The summed E-state index contributed by atoms with van der Waals surface area (Å²) in [6.07, 6.45) is 0.259. The third-order valence-corrected chi connectivity index (χ3v) is 4.52. The minimum atomic E-state index is -2.86. The van der Waals surface area contributed by atoms with Gasteiger partial charge in [-0.15, -0.1) is 0 Å². The number of anilines is 1. The number of halogens is 3. The van der Waals surface area contributed by atoms with Gasteiger partial charge < -0.3 is 5.32 Å². The van der Waals surface area contributed by atoms with Crippen LogP contribution in [-0.4, -0.2) is 11.5 Å². The van der Waals surface area contributed by atoms with Crippen LogP contribution in [0.25, 0.3) is 11.3 Å². The average molecular weight is 351 g/mol. The van der Waals surface area contributed by atoms with Crippen LogP contribution in [0.3, 0.4) is 0 Å². The summed E-state index contributed by atoms with van der Waals surface area (Å²) in [5, 5.41) is 3.66. The van der Waals surface area contributed by atoms with E-state index in [-0.39, 0.29) is 23.2 Å². The molecule has 2 nitrogen and oxygen atoms in total. The molecule has 2 heterocycles. The molecule has 1 N–H and O–H groups in total. The normalized spacial score (nSPS) is 16.9. The molecule has 0 radical (unpaired) electrons. The summed E-state index contributed by atoms with van der Waals surface area (Å²) in [5.41, 5.74) is 2.02. The number of fused-ring (bicyclic) bond motifs is 1. The summed E-state index contributed by atoms with van der Waals surface area (Å²) >= 11 is 6.11. The van der Waals surface area contributed by atoms with Gasteiger partial charge in [0.1, 0.15) is 5.82 Å². The number of hydrogen-bond donors (Lipinski definition) is 1. The first-order chi connectivity index (χ1) is 11.2. The van der Waals surface area contributed by atoms with E-state index in [4.69, 9.17) is 11.6 Å². The fraction of sp³-hybridized carbons (Fsp3) is 0.421. The Labute approximate surface area is 146 Å². The molecule has 1 aromatic carbocycles. The number of hydrogen-bond acceptors (Lipinski definition) is 2. The summed E-state index contributed by atoms with van der Waals surface area (Å²) in [6, 6.07) is 8.99. The quantitative estimate of drug-likeness (QED) is 0.682. The van der Waals surface area contributed by atoms with Gasteiger partial charge in [0.15, 0.2) is 0 Å². The van der Waals surface area contributed by atoms with Crippen molar-refractivity contribution >= 4 is 17.4 Å². The smallest absolute Gasteiger partial charge is 0.276 e. The van der Waals surface area contributed by atoms with Crippen LogP contribution in [0.1, 0.15) is 44.7 Å². The Bertz CT molecular complexity index is 766. The highest BCUT2D eigenvalue weighted by molar-refractivity contribution is 6.30. The molecule has 5 heteroatoms. The highest BCUT2D eigenvalue weighted by atomic mass is 35.5. The Morgan fingerprint density at radius 1 is 1.21 bits per heavy atom. The van der Waals surface area contributed by atoms with E-state index in [0.29, 0.717) is 23.7 Å². The third kappa shape index (κ3) is 3.25. The van der Waals surface area contributed by atoms with E-state index in [1.54, 1.807) is 12.1 Å². The maximum atomic E-state index is 14.5. The molecule has 1 aliphatic heterocycles. The number of pyridine rings is 1. The number of nitrogens with one attached hydrogen (secondary N) is 1. The van der Waals surface area contributed by atoms with Gasteiger partial charge in [-0.3, -0.25) is 0 Å². The van der Waals surface area contributed by atoms with Gasteiger partial charge in [-0.25, -0.2) is 13.8 Å². The van der Waals surface area contributed by atoms with E-state index in [9.17, 15) is 8.78 Å². The van der Waals surface area contributed by atoms with Crippen molar-refractivity contribution in [2.45, 2.75) is 45.0 Å². The van der Waals surface area contributed by atoms with Crippen LogP contribution in [0.2, 0.25) is 5.02 Å². The second kappa shape index (κ2) is 5.99. The molecule has 3 rings (SSSR count). The molecule has 0 bridgehead atoms. The van der Waals surface area contributed by atoms with Crippen LogP contribution in [0.4, 0.5) is 14.6 Å². The first-order valence-corrected chi connectivity index (χ1v) is 8.50.